The van der Waals surface area contributed by atoms with Gasteiger partial charge in [-0.25, -0.2) is 0 Å². The molecule has 2 rings (SSSR count). The zero-order chi connectivity index (χ0) is 12.4. The number of carbonyl (C=O) groups is 2. The van der Waals surface area contributed by atoms with Crippen LogP contribution in [0.3, 0.4) is 0 Å². The van der Waals surface area contributed by atoms with Crippen molar-refractivity contribution in [2.75, 3.05) is 6.54 Å². The number of nitrogens with one attached hydrogen (secondary N) is 2. The maximum Gasteiger partial charge on any atom is 0.242 e. The summed E-state index contributed by atoms with van der Waals surface area (Å²) in [6.45, 7) is 4.43. The fraction of sp³-hybridized carbons (Fsp3) is 0.846. The van der Waals surface area contributed by atoms with E-state index >= 15 is 0 Å². The van der Waals surface area contributed by atoms with Gasteiger partial charge in [-0.3, -0.25) is 9.59 Å². The highest BCUT2D eigenvalue weighted by atomic mass is 16.2. The van der Waals surface area contributed by atoms with Crippen molar-refractivity contribution in [2.45, 2.75) is 45.6 Å². The van der Waals surface area contributed by atoms with Gasteiger partial charge in [0.05, 0.1) is 0 Å². The summed E-state index contributed by atoms with van der Waals surface area (Å²) in [6.07, 6.45) is 4.29. The second-order valence-corrected chi connectivity index (χ2v) is 5.45. The second kappa shape index (κ2) is 5.07. The van der Waals surface area contributed by atoms with Crippen molar-refractivity contribution in [3.63, 3.8) is 0 Å². The number of rotatable bonds is 5. The molecule has 0 heterocycles. The van der Waals surface area contributed by atoms with Gasteiger partial charge < -0.3 is 10.6 Å². The van der Waals surface area contributed by atoms with E-state index in [1.807, 2.05) is 6.92 Å². The quantitative estimate of drug-likeness (QED) is 0.752. The van der Waals surface area contributed by atoms with Crippen molar-refractivity contribution >= 4 is 11.8 Å². The molecule has 3 unspecified atom stereocenters. The third kappa shape index (κ3) is 2.99. The Kier molecular flexibility index (Phi) is 3.69. The average Bonchev–Trinajstić information content (AvgIpc) is 2.92. The van der Waals surface area contributed by atoms with Gasteiger partial charge >= 0.3 is 0 Å². The lowest BCUT2D eigenvalue weighted by atomic mass is 10.0. The van der Waals surface area contributed by atoms with Gasteiger partial charge in [-0.1, -0.05) is 6.92 Å². The van der Waals surface area contributed by atoms with E-state index in [1.54, 1.807) is 6.92 Å². The zero-order valence-electron chi connectivity index (χ0n) is 10.7. The van der Waals surface area contributed by atoms with E-state index in [9.17, 15) is 9.59 Å². The molecule has 2 aliphatic rings. The first kappa shape index (κ1) is 12.4. The predicted octanol–water partition coefficient (Wildman–Crippen LogP) is 1.06. The van der Waals surface area contributed by atoms with E-state index in [0.29, 0.717) is 6.54 Å². The Morgan fingerprint density at radius 3 is 2.47 bits per heavy atom. The summed E-state index contributed by atoms with van der Waals surface area (Å²) in [7, 11) is 0. The van der Waals surface area contributed by atoms with Gasteiger partial charge in [0.15, 0.2) is 0 Å². The van der Waals surface area contributed by atoms with Gasteiger partial charge in [0.1, 0.15) is 6.04 Å². The molecule has 0 spiro atoms. The molecule has 2 N–H and O–H groups in total. The Morgan fingerprint density at radius 2 is 1.88 bits per heavy atom. The summed E-state index contributed by atoms with van der Waals surface area (Å²) in [5.74, 6) is 1.74. The standard InChI is InChI=1S/C13H22N2O2/c1-3-4-14-12(16)8(2)15-13(17)11-6-9-5-10(9)7-11/h8-11H,3-7H2,1-2H3,(H,14,16)(H,15,17). The number of hydrogen-bond acceptors (Lipinski definition) is 2. The Hall–Kier alpha value is -1.06. The monoisotopic (exact) mass is 238 g/mol. The molecule has 96 valence electrons. The molecule has 4 nitrogen and oxygen atoms in total. The summed E-state index contributed by atoms with van der Waals surface area (Å²) in [5.41, 5.74) is 0. The number of fused-ring (bicyclic) bond motifs is 1. The van der Waals surface area contributed by atoms with Crippen LogP contribution in [-0.2, 0) is 9.59 Å². The predicted molar refractivity (Wildman–Crippen MR) is 65.2 cm³/mol. The third-order valence-corrected chi connectivity index (χ3v) is 3.92. The first-order valence-electron chi connectivity index (χ1n) is 6.70. The minimum Gasteiger partial charge on any atom is -0.354 e. The van der Waals surface area contributed by atoms with Gasteiger partial charge in [0.2, 0.25) is 11.8 Å². The summed E-state index contributed by atoms with van der Waals surface area (Å²) in [5, 5.41) is 5.61. The van der Waals surface area contributed by atoms with Crippen molar-refractivity contribution < 1.29 is 9.59 Å². The zero-order valence-corrected chi connectivity index (χ0v) is 10.7. The van der Waals surface area contributed by atoms with E-state index in [0.717, 1.165) is 31.1 Å². The van der Waals surface area contributed by atoms with Crippen LogP contribution in [0.1, 0.15) is 39.5 Å². The fourth-order valence-corrected chi connectivity index (χ4v) is 2.73. The molecule has 0 bridgehead atoms. The van der Waals surface area contributed by atoms with Gasteiger partial charge in [0, 0.05) is 12.5 Å². The van der Waals surface area contributed by atoms with Crippen molar-refractivity contribution in [1.82, 2.24) is 10.6 Å². The Morgan fingerprint density at radius 1 is 1.24 bits per heavy atom. The maximum atomic E-state index is 11.9. The summed E-state index contributed by atoms with van der Waals surface area (Å²) in [6, 6.07) is -0.411. The molecular weight excluding hydrogens is 216 g/mol. The lowest BCUT2D eigenvalue weighted by Crippen LogP contribution is -2.46. The Bertz CT molecular complexity index is 307. The average molecular weight is 238 g/mol. The maximum absolute atomic E-state index is 11.9. The molecule has 2 amide bonds. The van der Waals surface area contributed by atoms with Crippen molar-refractivity contribution in [1.29, 1.82) is 0 Å². The highest BCUT2D eigenvalue weighted by Crippen LogP contribution is 2.54. The van der Waals surface area contributed by atoms with Crippen LogP contribution >= 0.6 is 0 Å². The van der Waals surface area contributed by atoms with Gasteiger partial charge in [0.25, 0.3) is 0 Å². The number of carbonyl (C=O) groups excluding carboxylic acids is 2. The summed E-state index contributed by atoms with van der Waals surface area (Å²) >= 11 is 0. The van der Waals surface area contributed by atoms with Crippen LogP contribution in [0, 0.1) is 17.8 Å². The van der Waals surface area contributed by atoms with Crippen LogP contribution in [0.4, 0.5) is 0 Å². The molecule has 17 heavy (non-hydrogen) atoms. The molecule has 0 aromatic rings. The van der Waals surface area contributed by atoms with Crippen molar-refractivity contribution in [3.05, 3.63) is 0 Å². The Balaban J connectivity index is 1.72. The smallest absolute Gasteiger partial charge is 0.242 e. The van der Waals surface area contributed by atoms with Crippen LogP contribution in [0.5, 0.6) is 0 Å². The second-order valence-electron chi connectivity index (χ2n) is 5.45. The Labute approximate surface area is 103 Å². The minimum atomic E-state index is -0.411. The van der Waals surface area contributed by atoms with Gasteiger partial charge in [-0.05, 0) is 44.4 Å². The van der Waals surface area contributed by atoms with Crippen LogP contribution in [-0.4, -0.2) is 24.4 Å². The SMILES string of the molecule is CCCNC(=O)C(C)NC(=O)C1CC2CC2C1. The highest BCUT2D eigenvalue weighted by Gasteiger charge is 2.48. The lowest BCUT2D eigenvalue weighted by Gasteiger charge is -2.17. The topological polar surface area (TPSA) is 58.2 Å². The first-order chi connectivity index (χ1) is 8.11. The molecule has 2 fully saturated rings. The molecule has 2 saturated carbocycles. The highest BCUT2D eigenvalue weighted by molar-refractivity contribution is 5.88. The van der Waals surface area contributed by atoms with E-state index in [-0.39, 0.29) is 17.7 Å². The number of amides is 2. The lowest BCUT2D eigenvalue weighted by molar-refractivity contribution is -0.130. The fourth-order valence-electron chi connectivity index (χ4n) is 2.73. The normalized spacial score (nSPS) is 31.5. The van der Waals surface area contributed by atoms with Crippen molar-refractivity contribution in [2.24, 2.45) is 17.8 Å². The molecule has 0 aliphatic heterocycles. The molecule has 3 atom stereocenters. The molecule has 0 aromatic heterocycles. The van der Waals surface area contributed by atoms with Crippen molar-refractivity contribution in [3.8, 4) is 0 Å². The summed E-state index contributed by atoms with van der Waals surface area (Å²) in [4.78, 5) is 23.5. The van der Waals surface area contributed by atoms with E-state index in [4.69, 9.17) is 0 Å². The van der Waals surface area contributed by atoms with Crippen LogP contribution < -0.4 is 10.6 Å². The first-order valence-corrected chi connectivity index (χ1v) is 6.70. The van der Waals surface area contributed by atoms with Gasteiger partial charge in [-0.15, -0.1) is 0 Å². The molecule has 0 aromatic carbocycles. The van der Waals surface area contributed by atoms with Crippen LogP contribution in [0.15, 0.2) is 0 Å². The third-order valence-electron chi connectivity index (χ3n) is 3.92. The molecule has 0 saturated heterocycles. The molecule has 4 heteroatoms. The van der Waals surface area contributed by atoms with E-state index < -0.39 is 6.04 Å². The number of hydrogen-bond donors (Lipinski definition) is 2. The van der Waals surface area contributed by atoms with Gasteiger partial charge in [-0.2, -0.15) is 0 Å². The van der Waals surface area contributed by atoms with E-state index in [2.05, 4.69) is 10.6 Å². The van der Waals surface area contributed by atoms with Crippen LogP contribution in [0.2, 0.25) is 0 Å². The van der Waals surface area contributed by atoms with E-state index in [1.165, 1.54) is 6.42 Å². The van der Waals surface area contributed by atoms with Crippen LogP contribution in [0.25, 0.3) is 0 Å². The minimum absolute atomic E-state index is 0.0661. The molecule has 2 aliphatic carbocycles. The molecule has 0 radical (unpaired) electrons. The summed E-state index contributed by atoms with van der Waals surface area (Å²) < 4.78 is 0. The molecular formula is C13H22N2O2. The largest absolute Gasteiger partial charge is 0.354 e.